The summed E-state index contributed by atoms with van der Waals surface area (Å²) in [4.78, 5) is 18.1. The number of nitrogens with zero attached hydrogens (tertiary/aromatic N) is 2. The fourth-order valence-corrected chi connectivity index (χ4v) is 5.97. The zero-order valence-electron chi connectivity index (χ0n) is 19.1. The second-order valence-electron chi connectivity index (χ2n) is 9.84. The first-order valence-electron chi connectivity index (χ1n) is 12.1. The normalized spacial score (nSPS) is 25.5. The van der Waals surface area contributed by atoms with Crippen molar-refractivity contribution in [3.05, 3.63) is 65.7 Å². The van der Waals surface area contributed by atoms with Crippen molar-refractivity contribution in [2.45, 2.75) is 31.7 Å². The molecule has 0 bridgehead atoms. The van der Waals surface area contributed by atoms with E-state index in [-0.39, 0.29) is 5.41 Å². The van der Waals surface area contributed by atoms with Gasteiger partial charge in [-0.2, -0.15) is 0 Å². The Morgan fingerprint density at radius 3 is 2.41 bits per heavy atom. The lowest BCUT2D eigenvalue weighted by Gasteiger charge is -2.39. The molecular weight excluding hydrogens is 398 g/mol. The largest absolute Gasteiger partial charge is 0.497 e. The Balaban J connectivity index is 1.16. The number of benzene rings is 2. The average molecular weight is 434 g/mol. The Hall–Kier alpha value is -2.37. The minimum atomic E-state index is -0.129. The first-order chi connectivity index (χ1) is 15.7. The van der Waals surface area contributed by atoms with Crippen LogP contribution in [-0.2, 0) is 11.3 Å². The average Bonchev–Trinajstić information content (AvgIpc) is 3.42. The summed E-state index contributed by atoms with van der Waals surface area (Å²) < 4.78 is 5.25. The van der Waals surface area contributed by atoms with Crippen LogP contribution in [0, 0.1) is 11.3 Å². The third-order valence-corrected chi connectivity index (χ3v) is 8.01. The molecule has 2 unspecified atom stereocenters. The molecule has 3 aliphatic rings. The van der Waals surface area contributed by atoms with Crippen molar-refractivity contribution in [1.82, 2.24) is 15.1 Å². The fourth-order valence-electron chi connectivity index (χ4n) is 5.97. The summed E-state index contributed by atoms with van der Waals surface area (Å²) in [5.41, 5.74) is 2.50. The van der Waals surface area contributed by atoms with Crippen LogP contribution >= 0.6 is 0 Å². The molecule has 0 aromatic heterocycles. The van der Waals surface area contributed by atoms with Gasteiger partial charge in [0.05, 0.1) is 12.5 Å². The van der Waals surface area contributed by atoms with Crippen molar-refractivity contribution in [1.29, 1.82) is 0 Å². The Bertz CT molecular complexity index is 906. The van der Waals surface area contributed by atoms with Gasteiger partial charge in [-0.1, -0.05) is 42.5 Å². The minimum Gasteiger partial charge on any atom is -0.497 e. The summed E-state index contributed by atoms with van der Waals surface area (Å²) in [7, 11) is 1.68. The number of ether oxygens (including phenoxy) is 1. The van der Waals surface area contributed by atoms with E-state index in [1.807, 2.05) is 12.1 Å². The second kappa shape index (κ2) is 9.24. The number of rotatable bonds is 6. The number of methoxy groups -OCH3 is 1. The summed E-state index contributed by atoms with van der Waals surface area (Å²) in [6.45, 7) is 6.97. The van der Waals surface area contributed by atoms with Gasteiger partial charge in [-0.25, -0.2) is 0 Å². The lowest BCUT2D eigenvalue weighted by Crippen LogP contribution is -2.46. The maximum Gasteiger partial charge on any atom is 0.229 e. The molecule has 1 amide bonds. The maximum atomic E-state index is 13.4. The van der Waals surface area contributed by atoms with Gasteiger partial charge in [-0.3, -0.25) is 4.79 Å². The van der Waals surface area contributed by atoms with Crippen molar-refractivity contribution < 1.29 is 9.53 Å². The van der Waals surface area contributed by atoms with Crippen molar-refractivity contribution in [2.75, 3.05) is 46.4 Å². The van der Waals surface area contributed by atoms with Gasteiger partial charge >= 0.3 is 0 Å². The number of hydrogen-bond acceptors (Lipinski definition) is 4. The van der Waals surface area contributed by atoms with E-state index >= 15 is 0 Å². The van der Waals surface area contributed by atoms with Gasteiger partial charge in [0.2, 0.25) is 5.91 Å². The molecule has 3 aliphatic heterocycles. The molecule has 170 valence electrons. The number of amides is 1. The van der Waals surface area contributed by atoms with E-state index in [4.69, 9.17) is 4.74 Å². The van der Waals surface area contributed by atoms with Gasteiger partial charge < -0.3 is 19.9 Å². The SMILES string of the molecule is COc1ccc(CN2CCC3(CCN(CC4CNCC4c4ccccc4)CC3)C2=O)cc1. The monoisotopic (exact) mass is 433 g/mol. The second-order valence-corrected chi connectivity index (χ2v) is 9.84. The molecule has 5 rings (SSSR count). The van der Waals surface area contributed by atoms with Crippen LogP contribution in [0.15, 0.2) is 54.6 Å². The summed E-state index contributed by atoms with van der Waals surface area (Å²) in [6.07, 6.45) is 3.01. The summed E-state index contributed by atoms with van der Waals surface area (Å²) in [5, 5.41) is 3.61. The van der Waals surface area contributed by atoms with Crippen LogP contribution in [0.2, 0.25) is 0 Å². The Kier molecular flexibility index (Phi) is 6.20. The van der Waals surface area contributed by atoms with E-state index in [0.29, 0.717) is 24.3 Å². The predicted molar refractivity (Wildman–Crippen MR) is 127 cm³/mol. The molecule has 0 aliphatic carbocycles. The smallest absolute Gasteiger partial charge is 0.229 e. The van der Waals surface area contributed by atoms with Crippen molar-refractivity contribution >= 4 is 5.91 Å². The molecule has 2 atom stereocenters. The van der Waals surface area contributed by atoms with E-state index in [9.17, 15) is 4.79 Å². The molecule has 2 aromatic carbocycles. The van der Waals surface area contributed by atoms with Gasteiger partial charge in [0.15, 0.2) is 0 Å². The quantitative estimate of drug-likeness (QED) is 0.757. The summed E-state index contributed by atoms with van der Waals surface area (Å²) in [5.74, 6) is 2.48. The van der Waals surface area contributed by atoms with E-state index in [1.165, 1.54) is 11.1 Å². The number of likely N-dealkylation sites (tertiary alicyclic amines) is 2. The van der Waals surface area contributed by atoms with Gasteiger partial charge in [0.25, 0.3) is 0 Å². The van der Waals surface area contributed by atoms with Gasteiger partial charge in [0, 0.05) is 32.1 Å². The third-order valence-electron chi connectivity index (χ3n) is 8.01. The molecule has 0 saturated carbocycles. The summed E-state index contributed by atoms with van der Waals surface area (Å²) >= 11 is 0. The van der Waals surface area contributed by atoms with Crippen LogP contribution in [-0.4, -0.2) is 62.1 Å². The summed E-state index contributed by atoms with van der Waals surface area (Å²) in [6, 6.07) is 19.0. The molecule has 32 heavy (non-hydrogen) atoms. The lowest BCUT2D eigenvalue weighted by atomic mass is 9.76. The van der Waals surface area contributed by atoms with E-state index < -0.39 is 0 Å². The van der Waals surface area contributed by atoms with Crippen molar-refractivity contribution in [2.24, 2.45) is 11.3 Å². The number of carbonyl (C=O) groups is 1. The first kappa shape index (κ1) is 21.5. The third kappa shape index (κ3) is 4.28. The molecule has 1 N–H and O–H groups in total. The van der Waals surface area contributed by atoms with E-state index in [0.717, 1.165) is 64.3 Å². The fraction of sp³-hybridized carbons (Fsp3) is 0.519. The van der Waals surface area contributed by atoms with Crippen LogP contribution in [0.3, 0.4) is 0 Å². The van der Waals surface area contributed by atoms with Gasteiger partial charge in [0.1, 0.15) is 5.75 Å². The number of nitrogens with one attached hydrogen (secondary N) is 1. The van der Waals surface area contributed by atoms with E-state index in [2.05, 4.69) is 57.6 Å². The van der Waals surface area contributed by atoms with Crippen molar-refractivity contribution in [3.63, 3.8) is 0 Å². The van der Waals surface area contributed by atoms with Crippen LogP contribution in [0.5, 0.6) is 5.75 Å². The standard InChI is InChI=1S/C27H35N3O2/c1-32-24-9-7-21(8-10-24)19-30-16-13-27(26(30)31)11-14-29(15-12-27)20-23-17-28-18-25(23)22-5-3-2-4-6-22/h2-10,23,25,28H,11-20H2,1H3. The molecule has 3 saturated heterocycles. The van der Waals surface area contributed by atoms with Gasteiger partial charge in [-0.05, 0) is 68.1 Å². The molecule has 5 nitrogen and oxygen atoms in total. The number of piperidine rings is 1. The molecular formula is C27H35N3O2. The van der Waals surface area contributed by atoms with Crippen LogP contribution in [0.4, 0.5) is 0 Å². The molecule has 5 heteroatoms. The molecule has 2 aromatic rings. The maximum absolute atomic E-state index is 13.4. The molecule has 3 fully saturated rings. The highest BCUT2D eigenvalue weighted by molar-refractivity contribution is 5.85. The van der Waals surface area contributed by atoms with E-state index in [1.54, 1.807) is 7.11 Å². The molecule has 0 radical (unpaired) electrons. The number of carbonyl (C=O) groups excluding carboxylic acids is 1. The highest BCUT2D eigenvalue weighted by Crippen LogP contribution is 2.42. The van der Waals surface area contributed by atoms with Crippen molar-refractivity contribution in [3.8, 4) is 5.75 Å². The highest BCUT2D eigenvalue weighted by atomic mass is 16.5. The lowest BCUT2D eigenvalue weighted by molar-refractivity contribution is -0.139. The first-order valence-corrected chi connectivity index (χ1v) is 12.1. The van der Waals surface area contributed by atoms with Crippen LogP contribution < -0.4 is 10.1 Å². The molecule has 3 heterocycles. The predicted octanol–water partition coefficient (Wildman–Crippen LogP) is 3.51. The van der Waals surface area contributed by atoms with Gasteiger partial charge in [-0.15, -0.1) is 0 Å². The number of hydrogen-bond donors (Lipinski definition) is 1. The Morgan fingerprint density at radius 1 is 0.969 bits per heavy atom. The highest BCUT2D eigenvalue weighted by Gasteiger charge is 2.48. The van der Waals surface area contributed by atoms with Crippen LogP contribution in [0.1, 0.15) is 36.3 Å². The minimum absolute atomic E-state index is 0.129. The van der Waals surface area contributed by atoms with Crippen LogP contribution in [0.25, 0.3) is 0 Å². The Morgan fingerprint density at radius 2 is 1.69 bits per heavy atom. The molecule has 1 spiro atoms. The zero-order valence-corrected chi connectivity index (χ0v) is 19.1. The Labute approximate surface area is 191 Å². The zero-order chi connectivity index (χ0) is 22.0. The topological polar surface area (TPSA) is 44.8 Å².